The normalized spacial score (nSPS) is 17.9. The van der Waals surface area contributed by atoms with Gasteiger partial charge in [0.25, 0.3) is 0 Å². The molecule has 1 saturated heterocycles. The molecule has 3 heterocycles. The van der Waals surface area contributed by atoms with Gasteiger partial charge in [0.05, 0.1) is 31.1 Å². The maximum atomic E-state index is 13.6. The number of benzene rings is 1. The largest absolute Gasteiger partial charge is 0.481 e. The first kappa shape index (κ1) is 28.9. The summed E-state index contributed by atoms with van der Waals surface area (Å²) in [6.07, 6.45) is 5.29. The number of thiazole rings is 1. The SMILES string of the molecule is COc1ccc2nc(NC(=O)C(CC3CCCC3)c3ccc(S(=O)(=O)N(C)CCN4CCOCC4)cc3)sc2n1. The van der Waals surface area contributed by atoms with Gasteiger partial charge in [0.15, 0.2) is 5.13 Å². The maximum Gasteiger partial charge on any atom is 0.242 e. The number of pyridine rings is 1. The molecule has 1 aromatic carbocycles. The Morgan fingerprint density at radius 1 is 1.15 bits per heavy atom. The molecule has 1 atom stereocenters. The van der Waals surface area contributed by atoms with Crippen LogP contribution in [0.2, 0.25) is 0 Å². The lowest BCUT2D eigenvalue weighted by Gasteiger charge is -2.28. The minimum absolute atomic E-state index is 0.142. The minimum atomic E-state index is -3.64. The number of nitrogens with one attached hydrogen (secondary N) is 1. The molecule has 2 aliphatic rings. The van der Waals surface area contributed by atoms with Crippen molar-refractivity contribution < 1.29 is 22.7 Å². The summed E-state index contributed by atoms with van der Waals surface area (Å²) in [5.41, 5.74) is 1.50. The molecule has 216 valence electrons. The van der Waals surface area contributed by atoms with Crippen molar-refractivity contribution in [2.24, 2.45) is 5.92 Å². The molecule has 1 unspecified atom stereocenters. The van der Waals surface area contributed by atoms with Gasteiger partial charge >= 0.3 is 0 Å². The van der Waals surface area contributed by atoms with Crippen LogP contribution < -0.4 is 10.1 Å². The van der Waals surface area contributed by atoms with Gasteiger partial charge < -0.3 is 14.8 Å². The Bertz CT molecular complexity index is 1400. The number of carbonyl (C=O) groups is 1. The molecule has 5 rings (SSSR count). The summed E-state index contributed by atoms with van der Waals surface area (Å²) >= 11 is 1.30. The van der Waals surface area contributed by atoms with Crippen molar-refractivity contribution in [3.05, 3.63) is 42.0 Å². The number of nitrogens with zero attached hydrogens (tertiary/aromatic N) is 4. The number of rotatable bonds is 11. The van der Waals surface area contributed by atoms with Crippen molar-refractivity contribution in [3.63, 3.8) is 0 Å². The summed E-state index contributed by atoms with van der Waals surface area (Å²) in [5.74, 6) is 0.409. The fraction of sp³-hybridized carbons (Fsp3) is 0.536. The zero-order valence-corrected chi connectivity index (χ0v) is 24.7. The van der Waals surface area contributed by atoms with E-state index in [-0.39, 0.29) is 10.8 Å². The van der Waals surface area contributed by atoms with E-state index in [1.165, 1.54) is 28.5 Å². The highest BCUT2D eigenvalue weighted by Gasteiger charge is 2.29. The fourth-order valence-electron chi connectivity index (χ4n) is 5.41. The van der Waals surface area contributed by atoms with Crippen molar-refractivity contribution in [1.82, 2.24) is 19.2 Å². The number of aromatic nitrogens is 2. The molecule has 1 saturated carbocycles. The first-order chi connectivity index (χ1) is 19.3. The summed E-state index contributed by atoms with van der Waals surface area (Å²) in [7, 11) is -0.470. The minimum Gasteiger partial charge on any atom is -0.481 e. The van der Waals surface area contributed by atoms with Crippen LogP contribution in [-0.2, 0) is 19.6 Å². The number of morpholine rings is 1. The number of amides is 1. The number of hydrogen-bond donors (Lipinski definition) is 1. The number of fused-ring (bicyclic) bond motifs is 1. The molecule has 1 N–H and O–H groups in total. The van der Waals surface area contributed by atoms with E-state index in [4.69, 9.17) is 9.47 Å². The van der Waals surface area contributed by atoms with E-state index in [9.17, 15) is 13.2 Å². The van der Waals surface area contributed by atoms with E-state index in [0.717, 1.165) is 31.5 Å². The molecule has 0 spiro atoms. The van der Waals surface area contributed by atoms with E-state index < -0.39 is 15.9 Å². The molecule has 0 bridgehead atoms. The number of carbonyl (C=O) groups excluding carboxylic acids is 1. The second-order valence-corrected chi connectivity index (χ2v) is 13.5. The molecule has 1 amide bonds. The molecular weight excluding hydrogens is 550 g/mol. The van der Waals surface area contributed by atoms with Gasteiger partial charge in [-0.15, -0.1) is 0 Å². The molecular formula is C28H37N5O5S2. The summed E-state index contributed by atoms with van der Waals surface area (Å²) in [6, 6.07) is 10.4. The highest BCUT2D eigenvalue weighted by atomic mass is 32.2. The highest BCUT2D eigenvalue weighted by molar-refractivity contribution is 7.89. The van der Waals surface area contributed by atoms with Gasteiger partial charge in [-0.2, -0.15) is 4.31 Å². The average Bonchev–Trinajstić information content (AvgIpc) is 3.64. The van der Waals surface area contributed by atoms with Crippen molar-refractivity contribution in [2.45, 2.75) is 42.9 Å². The van der Waals surface area contributed by atoms with Gasteiger partial charge in [0.2, 0.25) is 21.8 Å². The van der Waals surface area contributed by atoms with Crippen molar-refractivity contribution in [2.75, 3.05) is 58.9 Å². The summed E-state index contributed by atoms with van der Waals surface area (Å²) in [4.78, 5) is 25.7. The number of sulfonamides is 1. The average molecular weight is 588 g/mol. The molecule has 2 aromatic heterocycles. The molecule has 1 aliphatic heterocycles. The quantitative estimate of drug-likeness (QED) is 0.359. The Kier molecular flexibility index (Phi) is 9.31. The molecule has 10 nitrogen and oxygen atoms in total. The lowest BCUT2D eigenvalue weighted by molar-refractivity contribution is -0.118. The molecule has 3 aromatic rings. The third-order valence-corrected chi connectivity index (χ3v) is 10.6. The Morgan fingerprint density at radius 3 is 2.58 bits per heavy atom. The fourth-order valence-corrected chi connectivity index (χ4v) is 7.41. The Hall–Kier alpha value is -2.64. The van der Waals surface area contributed by atoms with Gasteiger partial charge in [0, 0.05) is 39.3 Å². The molecule has 40 heavy (non-hydrogen) atoms. The van der Waals surface area contributed by atoms with Crippen LogP contribution in [0.1, 0.15) is 43.6 Å². The molecule has 0 radical (unpaired) electrons. The monoisotopic (exact) mass is 587 g/mol. The first-order valence-corrected chi connectivity index (χ1v) is 16.1. The van der Waals surface area contributed by atoms with Crippen LogP contribution in [0.25, 0.3) is 10.3 Å². The van der Waals surface area contributed by atoms with Crippen LogP contribution in [0, 0.1) is 5.92 Å². The Labute approximate surface area is 239 Å². The van der Waals surface area contributed by atoms with Gasteiger partial charge in [-0.05, 0) is 36.1 Å². The van der Waals surface area contributed by atoms with E-state index in [1.807, 2.05) is 6.07 Å². The number of methoxy groups -OCH3 is 1. The Balaban J connectivity index is 1.30. The van der Waals surface area contributed by atoms with Gasteiger partial charge in [-0.25, -0.2) is 18.4 Å². The second kappa shape index (κ2) is 12.9. The zero-order valence-electron chi connectivity index (χ0n) is 23.0. The van der Waals surface area contributed by atoms with Gasteiger partial charge in [0.1, 0.15) is 10.3 Å². The van der Waals surface area contributed by atoms with Crippen LogP contribution in [0.4, 0.5) is 5.13 Å². The lowest BCUT2D eigenvalue weighted by Crippen LogP contribution is -2.41. The number of likely N-dealkylation sites (N-methyl/N-ethyl adjacent to an activating group) is 1. The Morgan fingerprint density at radius 2 is 1.88 bits per heavy atom. The first-order valence-electron chi connectivity index (χ1n) is 13.8. The standard InChI is InChI=1S/C28H37N5O5S2/c1-32(13-14-33-15-17-38-18-16-33)40(35,36)22-9-7-21(8-10-22)23(19-20-5-3-4-6-20)26(34)31-28-29-24-11-12-25(37-2)30-27(24)39-28/h7-12,20,23H,3-6,13-19H2,1-2H3,(H,29,31,34). The lowest BCUT2D eigenvalue weighted by atomic mass is 9.87. The molecule has 12 heteroatoms. The van der Waals surface area contributed by atoms with Crippen molar-refractivity contribution in [3.8, 4) is 5.88 Å². The topological polar surface area (TPSA) is 114 Å². The number of ether oxygens (including phenoxy) is 2. The van der Waals surface area contributed by atoms with Crippen molar-refractivity contribution >= 4 is 42.7 Å². The van der Waals surface area contributed by atoms with E-state index >= 15 is 0 Å². The second-order valence-electron chi connectivity index (χ2n) is 10.5. The number of hydrogen-bond acceptors (Lipinski definition) is 9. The van der Waals surface area contributed by atoms with Crippen LogP contribution in [0.5, 0.6) is 5.88 Å². The van der Waals surface area contributed by atoms with Crippen LogP contribution >= 0.6 is 11.3 Å². The highest BCUT2D eigenvalue weighted by Crippen LogP contribution is 2.36. The van der Waals surface area contributed by atoms with Gasteiger partial charge in [-0.1, -0.05) is 49.2 Å². The maximum absolute atomic E-state index is 13.6. The summed E-state index contributed by atoms with van der Waals surface area (Å²) in [5, 5.41) is 3.48. The van der Waals surface area contributed by atoms with E-state index in [1.54, 1.807) is 44.5 Å². The van der Waals surface area contributed by atoms with Crippen LogP contribution in [0.15, 0.2) is 41.3 Å². The third kappa shape index (κ3) is 6.80. The summed E-state index contributed by atoms with van der Waals surface area (Å²) < 4.78 is 38.5. The zero-order chi connectivity index (χ0) is 28.1. The molecule has 1 aliphatic carbocycles. The van der Waals surface area contributed by atoms with Crippen LogP contribution in [-0.4, -0.2) is 87.0 Å². The number of anilines is 1. The summed E-state index contributed by atoms with van der Waals surface area (Å²) in [6.45, 7) is 4.05. The predicted octanol–water partition coefficient (Wildman–Crippen LogP) is 3.96. The molecule has 2 fully saturated rings. The third-order valence-electron chi connectivity index (χ3n) is 7.85. The van der Waals surface area contributed by atoms with Crippen LogP contribution in [0.3, 0.4) is 0 Å². The van der Waals surface area contributed by atoms with Crippen molar-refractivity contribution in [1.29, 1.82) is 0 Å². The van der Waals surface area contributed by atoms with E-state index in [2.05, 4.69) is 20.2 Å². The smallest absolute Gasteiger partial charge is 0.242 e. The predicted molar refractivity (Wildman–Crippen MR) is 155 cm³/mol. The van der Waals surface area contributed by atoms with E-state index in [0.29, 0.717) is 60.0 Å². The van der Waals surface area contributed by atoms with Gasteiger partial charge in [-0.3, -0.25) is 9.69 Å².